The molecule has 0 saturated heterocycles. The van der Waals surface area contributed by atoms with Gasteiger partial charge in [-0.05, 0) is 48.8 Å². The van der Waals surface area contributed by atoms with Crippen LogP contribution >= 0.6 is 0 Å². The molecule has 1 aliphatic carbocycles. The zero-order chi connectivity index (χ0) is 19.1. The highest BCUT2D eigenvalue weighted by molar-refractivity contribution is 5.94. The van der Waals surface area contributed by atoms with Crippen LogP contribution in [0.25, 0.3) is 0 Å². The molecule has 1 aromatic carbocycles. The van der Waals surface area contributed by atoms with Gasteiger partial charge in [-0.25, -0.2) is 9.37 Å². The molecule has 1 saturated carbocycles. The quantitative estimate of drug-likeness (QED) is 0.868. The second-order valence-electron chi connectivity index (χ2n) is 7.62. The maximum atomic E-state index is 13.0. The second-order valence-corrected chi connectivity index (χ2v) is 7.62. The fraction of sp³-hybridized carbons (Fsp3) is 0.450. The number of halogens is 1. The third kappa shape index (κ3) is 3.22. The summed E-state index contributed by atoms with van der Waals surface area (Å²) in [5.74, 6) is -0.0526. The van der Waals surface area contributed by atoms with Crippen molar-refractivity contribution < 1.29 is 14.3 Å². The molecule has 2 heterocycles. The Labute approximate surface area is 156 Å². The van der Waals surface area contributed by atoms with E-state index >= 15 is 0 Å². The van der Waals surface area contributed by atoms with Crippen molar-refractivity contribution in [3.8, 4) is 5.75 Å². The first-order valence-electron chi connectivity index (χ1n) is 9.30. The number of carbonyl (C=O) groups is 1. The lowest BCUT2D eigenvalue weighted by molar-refractivity contribution is 0.0941. The Kier molecular flexibility index (Phi) is 4.45. The zero-order valence-electron chi connectivity index (χ0n) is 15.1. The maximum absolute atomic E-state index is 13.0. The van der Waals surface area contributed by atoms with Gasteiger partial charge in [0.05, 0.1) is 0 Å². The molecular formula is C20H22FN3O3. The number of nitrogens with one attached hydrogen (secondary N) is 1. The molecule has 1 aromatic heterocycles. The number of hydrogen-bond acceptors (Lipinski definition) is 4. The predicted molar refractivity (Wildman–Crippen MR) is 97.0 cm³/mol. The number of aromatic hydroxyl groups is 1. The van der Waals surface area contributed by atoms with Crippen molar-refractivity contribution in [2.45, 2.75) is 45.2 Å². The van der Waals surface area contributed by atoms with Crippen molar-refractivity contribution in [1.82, 2.24) is 14.9 Å². The van der Waals surface area contributed by atoms with Crippen LogP contribution in [0.5, 0.6) is 5.75 Å². The molecule has 2 N–H and O–H groups in total. The van der Waals surface area contributed by atoms with Crippen LogP contribution in [-0.4, -0.2) is 20.6 Å². The van der Waals surface area contributed by atoms with Crippen LogP contribution in [0.2, 0.25) is 0 Å². The van der Waals surface area contributed by atoms with Crippen molar-refractivity contribution in [3.63, 3.8) is 0 Å². The van der Waals surface area contributed by atoms with Crippen LogP contribution in [-0.2, 0) is 13.1 Å². The summed E-state index contributed by atoms with van der Waals surface area (Å²) in [7, 11) is 0. The number of hydrogen-bond donors (Lipinski definition) is 2. The minimum Gasteiger partial charge on any atom is -0.501 e. The van der Waals surface area contributed by atoms with E-state index in [2.05, 4.69) is 10.3 Å². The summed E-state index contributed by atoms with van der Waals surface area (Å²) in [5.41, 5.74) is -0.0780. The largest absolute Gasteiger partial charge is 0.501 e. The topological polar surface area (TPSA) is 84.2 Å². The molecule has 7 heteroatoms. The summed E-state index contributed by atoms with van der Waals surface area (Å²) < 4.78 is 14.5. The van der Waals surface area contributed by atoms with Crippen LogP contribution in [0, 0.1) is 17.7 Å². The number of benzene rings is 1. The SMILES string of the molecule is CC1c2nc(C(=O)NCc3ccc(F)cc3)c(O)c(=O)n2CC2CCC1C2. The number of amides is 1. The van der Waals surface area contributed by atoms with Gasteiger partial charge in [0, 0.05) is 19.0 Å². The Hall–Kier alpha value is -2.70. The summed E-state index contributed by atoms with van der Waals surface area (Å²) in [6, 6.07) is 5.74. The van der Waals surface area contributed by atoms with E-state index in [0.29, 0.717) is 29.8 Å². The van der Waals surface area contributed by atoms with E-state index in [1.54, 1.807) is 16.7 Å². The first kappa shape index (κ1) is 17.7. The molecule has 1 aliphatic heterocycles. The molecule has 1 fully saturated rings. The molecule has 2 aliphatic rings. The first-order valence-corrected chi connectivity index (χ1v) is 9.30. The predicted octanol–water partition coefficient (Wildman–Crippen LogP) is 2.55. The molecule has 142 valence electrons. The van der Waals surface area contributed by atoms with E-state index < -0.39 is 17.2 Å². The summed E-state index contributed by atoms with van der Waals surface area (Å²) in [6.45, 7) is 2.74. The van der Waals surface area contributed by atoms with Gasteiger partial charge < -0.3 is 10.4 Å². The van der Waals surface area contributed by atoms with E-state index in [1.807, 2.05) is 6.92 Å². The van der Waals surface area contributed by atoms with Crippen molar-refractivity contribution >= 4 is 5.91 Å². The van der Waals surface area contributed by atoms with Gasteiger partial charge in [-0.15, -0.1) is 0 Å². The summed E-state index contributed by atoms with van der Waals surface area (Å²) >= 11 is 0. The van der Waals surface area contributed by atoms with E-state index in [1.165, 1.54) is 12.1 Å². The van der Waals surface area contributed by atoms with E-state index in [0.717, 1.165) is 19.3 Å². The van der Waals surface area contributed by atoms with Gasteiger partial charge in [0.2, 0.25) is 5.75 Å². The molecule has 3 unspecified atom stereocenters. The van der Waals surface area contributed by atoms with E-state index in [9.17, 15) is 19.1 Å². The zero-order valence-corrected chi connectivity index (χ0v) is 15.1. The Morgan fingerprint density at radius 2 is 2.07 bits per heavy atom. The Morgan fingerprint density at radius 1 is 1.33 bits per heavy atom. The third-order valence-corrected chi connectivity index (χ3v) is 5.89. The highest BCUT2D eigenvalue weighted by Crippen LogP contribution is 2.43. The number of nitrogens with zero attached hydrogens (tertiary/aromatic N) is 2. The molecule has 3 atom stereocenters. The average molecular weight is 371 g/mol. The summed E-state index contributed by atoms with van der Waals surface area (Å²) in [6.07, 6.45) is 3.24. The lowest BCUT2D eigenvalue weighted by Crippen LogP contribution is -2.33. The molecule has 2 bridgehead atoms. The van der Waals surface area contributed by atoms with Crippen LogP contribution < -0.4 is 10.9 Å². The minimum atomic E-state index is -0.612. The lowest BCUT2D eigenvalue weighted by Gasteiger charge is -2.21. The first-order chi connectivity index (χ1) is 12.9. The molecule has 0 spiro atoms. The van der Waals surface area contributed by atoms with Gasteiger partial charge in [-0.3, -0.25) is 14.2 Å². The van der Waals surface area contributed by atoms with Crippen molar-refractivity contribution in [2.24, 2.45) is 11.8 Å². The normalized spacial score (nSPS) is 23.6. The van der Waals surface area contributed by atoms with Crippen LogP contribution in [0.1, 0.15) is 54.0 Å². The number of carbonyl (C=O) groups excluding carboxylic acids is 1. The van der Waals surface area contributed by atoms with Gasteiger partial charge in [0.15, 0.2) is 5.69 Å². The van der Waals surface area contributed by atoms with Gasteiger partial charge in [0.1, 0.15) is 11.6 Å². The van der Waals surface area contributed by atoms with Crippen molar-refractivity contribution in [3.05, 3.63) is 57.5 Å². The third-order valence-electron chi connectivity index (χ3n) is 5.89. The minimum absolute atomic E-state index is 0.0643. The number of aromatic nitrogens is 2. The van der Waals surface area contributed by atoms with Gasteiger partial charge in [-0.1, -0.05) is 19.1 Å². The Bertz CT molecular complexity index is 939. The van der Waals surface area contributed by atoms with Gasteiger partial charge in [-0.2, -0.15) is 0 Å². The molecule has 4 rings (SSSR count). The maximum Gasteiger partial charge on any atom is 0.296 e. The Balaban J connectivity index is 1.62. The summed E-state index contributed by atoms with van der Waals surface area (Å²) in [4.78, 5) is 29.6. The number of rotatable bonds is 3. The fourth-order valence-electron chi connectivity index (χ4n) is 4.31. The molecule has 2 aromatic rings. The van der Waals surface area contributed by atoms with Crippen LogP contribution in [0.3, 0.4) is 0 Å². The Morgan fingerprint density at radius 3 is 2.81 bits per heavy atom. The monoisotopic (exact) mass is 371 g/mol. The molecule has 6 nitrogen and oxygen atoms in total. The molecule has 27 heavy (non-hydrogen) atoms. The highest BCUT2D eigenvalue weighted by Gasteiger charge is 2.37. The van der Waals surface area contributed by atoms with Crippen molar-refractivity contribution in [1.29, 1.82) is 0 Å². The van der Waals surface area contributed by atoms with Gasteiger partial charge in [0.25, 0.3) is 11.5 Å². The van der Waals surface area contributed by atoms with Crippen molar-refractivity contribution in [2.75, 3.05) is 0 Å². The molecule has 1 amide bonds. The highest BCUT2D eigenvalue weighted by atomic mass is 19.1. The average Bonchev–Trinajstić information content (AvgIpc) is 3.07. The van der Waals surface area contributed by atoms with Crippen LogP contribution in [0.15, 0.2) is 29.1 Å². The summed E-state index contributed by atoms with van der Waals surface area (Å²) in [5, 5.41) is 12.9. The van der Waals surface area contributed by atoms with Gasteiger partial charge >= 0.3 is 0 Å². The fourth-order valence-corrected chi connectivity index (χ4v) is 4.31. The molecular weight excluding hydrogens is 349 g/mol. The number of fused-ring (bicyclic) bond motifs is 3. The van der Waals surface area contributed by atoms with E-state index in [4.69, 9.17) is 0 Å². The molecule has 0 radical (unpaired) electrons. The lowest BCUT2D eigenvalue weighted by atomic mass is 9.92. The smallest absolute Gasteiger partial charge is 0.296 e. The van der Waals surface area contributed by atoms with Crippen LogP contribution in [0.4, 0.5) is 4.39 Å². The van der Waals surface area contributed by atoms with E-state index in [-0.39, 0.29) is 24.0 Å². The standard InChI is InChI=1S/C20H22FN3O3/c1-11-14-5-2-13(8-14)10-24-18(11)23-16(17(25)20(24)27)19(26)22-9-12-3-6-15(21)7-4-12/h3-4,6-7,11,13-14,25H,2,5,8-10H2,1H3,(H,22,26). The second kappa shape index (κ2) is 6.79.